The quantitative estimate of drug-likeness (QED) is 0.842. The maximum atomic E-state index is 10.5. The number of hydrogen-bond donors (Lipinski definition) is 2. The summed E-state index contributed by atoms with van der Waals surface area (Å²) in [5.74, 6) is 0.827. The average molecular weight is 233 g/mol. The number of phenols is 1. The first kappa shape index (κ1) is 12.4. The summed E-state index contributed by atoms with van der Waals surface area (Å²) in [5.41, 5.74) is 9.45. The number of aryl methyl sites for hydroxylation is 1. The van der Waals surface area contributed by atoms with Crippen LogP contribution in [0.3, 0.4) is 0 Å². The van der Waals surface area contributed by atoms with Crippen LogP contribution in [0.1, 0.15) is 56.2 Å². The molecule has 0 radical (unpaired) electrons. The van der Waals surface area contributed by atoms with Crippen molar-refractivity contribution in [3.8, 4) is 5.75 Å². The van der Waals surface area contributed by atoms with Crippen LogP contribution in [0.5, 0.6) is 5.75 Å². The van der Waals surface area contributed by atoms with Crippen LogP contribution in [-0.2, 0) is 5.41 Å². The fourth-order valence-electron chi connectivity index (χ4n) is 2.87. The molecule has 1 aliphatic rings. The summed E-state index contributed by atoms with van der Waals surface area (Å²) < 4.78 is 0. The Hall–Kier alpha value is -1.02. The first-order chi connectivity index (χ1) is 7.90. The van der Waals surface area contributed by atoms with Gasteiger partial charge in [0.1, 0.15) is 5.75 Å². The predicted molar refractivity (Wildman–Crippen MR) is 71.5 cm³/mol. The molecular formula is C15H23NO. The van der Waals surface area contributed by atoms with Crippen molar-refractivity contribution in [3.63, 3.8) is 0 Å². The van der Waals surface area contributed by atoms with E-state index in [4.69, 9.17) is 5.73 Å². The Morgan fingerprint density at radius 1 is 1.24 bits per heavy atom. The average Bonchev–Trinajstić information content (AvgIpc) is 2.98. The van der Waals surface area contributed by atoms with E-state index in [0.717, 1.165) is 24.0 Å². The highest BCUT2D eigenvalue weighted by Gasteiger charge is 2.50. The summed E-state index contributed by atoms with van der Waals surface area (Å²) in [6.07, 6.45) is 2.20. The monoisotopic (exact) mass is 233 g/mol. The van der Waals surface area contributed by atoms with E-state index in [9.17, 15) is 5.11 Å². The molecule has 17 heavy (non-hydrogen) atoms. The maximum Gasteiger partial charge on any atom is 0.123 e. The van der Waals surface area contributed by atoms with Crippen molar-refractivity contribution in [3.05, 3.63) is 28.8 Å². The molecule has 0 saturated heterocycles. The van der Waals surface area contributed by atoms with Crippen molar-refractivity contribution in [1.82, 2.24) is 0 Å². The number of phenolic OH excluding ortho intramolecular Hbond substituents is 1. The van der Waals surface area contributed by atoms with Gasteiger partial charge in [-0.05, 0) is 43.7 Å². The van der Waals surface area contributed by atoms with Crippen LogP contribution in [0.4, 0.5) is 0 Å². The van der Waals surface area contributed by atoms with Crippen molar-refractivity contribution in [2.75, 3.05) is 0 Å². The maximum absolute atomic E-state index is 10.5. The van der Waals surface area contributed by atoms with E-state index in [1.54, 1.807) is 0 Å². The molecule has 2 nitrogen and oxygen atoms in total. The number of nitrogens with two attached hydrogens (primary N) is 1. The summed E-state index contributed by atoms with van der Waals surface area (Å²) in [7, 11) is 0. The molecule has 0 amide bonds. The molecule has 0 aliphatic heterocycles. The van der Waals surface area contributed by atoms with Gasteiger partial charge in [0.2, 0.25) is 0 Å². The Kier molecular flexibility index (Phi) is 2.94. The lowest BCUT2D eigenvalue weighted by Gasteiger charge is -2.25. The third kappa shape index (κ3) is 1.85. The standard InChI is InChI=1S/C15H23NO/c1-9(2)12-6-5-10(3)13(14(12)17)15(7-8-15)11(4)16/h5-6,9,11,17H,7-8,16H2,1-4H3. The second kappa shape index (κ2) is 4.02. The van der Waals surface area contributed by atoms with Gasteiger partial charge in [-0.1, -0.05) is 26.0 Å². The molecule has 0 spiro atoms. The third-order valence-electron chi connectivity index (χ3n) is 4.20. The lowest BCUT2D eigenvalue weighted by molar-refractivity contribution is 0.436. The van der Waals surface area contributed by atoms with Gasteiger partial charge in [0, 0.05) is 17.0 Å². The van der Waals surface area contributed by atoms with Gasteiger partial charge >= 0.3 is 0 Å². The first-order valence-electron chi connectivity index (χ1n) is 6.48. The Bertz CT molecular complexity index is 431. The first-order valence-corrected chi connectivity index (χ1v) is 6.48. The van der Waals surface area contributed by atoms with Crippen LogP contribution in [0, 0.1) is 6.92 Å². The fraction of sp³-hybridized carbons (Fsp3) is 0.600. The highest BCUT2D eigenvalue weighted by atomic mass is 16.3. The number of aromatic hydroxyl groups is 1. The number of benzene rings is 1. The van der Waals surface area contributed by atoms with Crippen molar-refractivity contribution in [1.29, 1.82) is 0 Å². The van der Waals surface area contributed by atoms with Gasteiger partial charge in [0.25, 0.3) is 0 Å². The van der Waals surface area contributed by atoms with Crippen LogP contribution in [0.2, 0.25) is 0 Å². The summed E-state index contributed by atoms with van der Waals surface area (Å²) in [5, 5.41) is 10.5. The molecule has 1 aliphatic carbocycles. The van der Waals surface area contributed by atoms with Crippen molar-refractivity contribution in [2.45, 2.75) is 57.9 Å². The number of hydrogen-bond acceptors (Lipinski definition) is 2. The summed E-state index contributed by atoms with van der Waals surface area (Å²) >= 11 is 0. The lowest BCUT2D eigenvalue weighted by atomic mass is 9.83. The number of rotatable bonds is 3. The van der Waals surface area contributed by atoms with Gasteiger partial charge in [0.05, 0.1) is 0 Å². The minimum Gasteiger partial charge on any atom is -0.507 e. The van der Waals surface area contributed by atoms with Crippen LogP contribution in [0.15, 0.2) is 12.1 Å². The van der Waals surface area contributed by atoms with Crippen LogP contribution >= 0.6 is 0 Å². The minimum atomic E-state index is 0.0269. The second-order valence-electron chi connectivity index (χ2n) is 5.79. The van der Waals surface area contributed by atoms with E-state index >= 15 is 0 Å². The minimum absolute atomic E-state index is 0.0269. The molecule has 1 saturated carbocycles. The largest absolute Gasteiger partial charge is 0.507 e. The molecule has 0 bridgehead atoms. The Morgan fingerprint density at radius 2 is 1.82 bits per heavy atom. The SMILES string of the molecule is Cc1ccc(C(C)C)c(O)c1C1(C(C)N)CC1. The molecule has 1 fully saturated rings. The summed E-state index contributed by atoms with van der Waals surface area (Å²) in [4.78, 5) is 0. The zero-order chi connectivity index (χ0) is 12.8. The molecule has 1 aromatic carbocycles. The molecule has 3 N–H and O–H groups in total. The highest BCUT2D eigenvalue weighted by molar-refractivity contribution is 5.53. The zero-order valence-corrected chi connectivity index (χ0v) is 11.2. The highest BCUT2D eigenvalue weighted by Crippen LogP contribution is 2.55. The van der Waals surface area contributed by atoms with E-state index < -0.39 is 0 Å². The molecular weight excluding hydrogens is 210 g/mol. The van der Waals surface area contributed by atoms with E-state index in [-0.39, 0.29) is 11.5 Å². The molecule has 1 atom stereocenters. The molecule has 94 valence electrons. The van der Waals surface area contributed by atoms with Crippen molar-refractivity contribution >= 4 is 0 Å². The van der Waals surface area contributed by atoms with Gasteiger partial charge < -0.3 is 10.8 Å². The van der Waals surface area contributed by atoms with Gasteiger partial charge in [0.15, 0.2) is 0 Å². The zero-order valence-electron chi connectivity index (χ0n) is 11.2. The van der Waals surface area contributed by atoms with Crippen molar-refractivity contribution in [2.24, 2.45) is 5.73 Å². The van der Waals surface area contributed by atoms with Crippen LogP contribution in [0.25, 0.3) is 0 Å². The van der Waals surface area contributed by atoms with E-state index in [1.807, 2.05) is 13.0 Å². The molecule has 1 unspecified atom stereocenters. The molecule has 0 heterocycles. The van der Waals surface area contributed by atoms with E-state index in [1.165, 1.54) is 5.56 Å². The lowest BCUT2D eigenvalue weighted by Crippen LogP contribution is -2.32. The molecule has 1 aromatic rings. The fourth-order valence-corrected chi connectivity index (χ4v) is 2.87. The molecule has 2 rings (SSSR count). The van der Waals surface area contributed by atoms with Gasteiger partial charge in [-0.25, -0.2) is 0 Å². The third-order valence-corrected chi connectivity index (χ3v) is 4.20. The predicted octanol–water partition coefficient (Wildman–Crippen LogP) is 3.20. The van der Waals surface area contributed by atoms with Gasteiger partial charge in [-0.2, -0.15) is 0 Å². The molecule has 2 heteroatoms. The van der Waals surface area contributed by atoms with Crippen LogP contribution in [-0.4, -0.2) is 11.1 Å². The van der Waals surface area contributed by atoms with Gasteiger partial charge in [-0.15, -0.1) is 0 Å². The molecule has 0 aromatic heterocycles. The Labute approximate surface area is 104 Å². The normalized spacial score (nSPS) is 19.4. The van der Waals surface area contributed by atoms with Crippen molar-refractivity contribution < 1.29 is 5.11 Å². The van der Waals surface area contributed by atoms with Crippen LogP contribution < -0.4 is 5.73 Å². The van der Waals surface area contributed by atoms with E-state index in [2.05, 4.69) is 26.8 Å². The van der Waals surface area contributed by atoms with Gasteiger partial charge in [-0.3, -0.25) is 0 Å². The Morgan fingerprint density at radius 3 is 2.24 bits per heavy atom. The summed E-state index contributed by atoms with van der Waals surface area (Å²) in [6.45, 7) is 8.34. The summed E-state index contributed by atoms with van der Waals surface area (Å²) in [6, 6.07) is 4.26. The smallest absolute Gasteiger partial charge is 0.123 e. The second-order valence-corrected chi connectivity index (χ2v) is 5.79. The Balaban J connectivity index is 2.57. The van der Waals surface area contributed by atoms with E-state index in [0.29, 0.717) is 11.7 Å². The topological polar surface area (TPSA) is 46.2 Å².